The van der Waals surface area contributed by atoms with E-state index in [0.29, 0.717) is 12.1 Å². The highest BCUT2D eigenvalue weighted by atomic mass is 16.5. The summed E-state index contributed by atoms with van der Waals surface area (Å²) in [5.74, 6) is 0.830. The van der Waals surface area contributed by atoms with Gasteiger partial charge in [0.15, 0.2) is 0 Å². The molecular weight excluding hydrogens is 138 g/mol. The van der Waals surface area contributed by atoms with Crippen molar-refractivity contribution in [3.05, 3.63) is 0 Å². The zero-order valence-corrected chi connectivity index (χ0v) is 7.42. The third-order valence-electron chi connectivity index (χ3n) is 2.83. The highest BCUT2D eigenvalue weighted by Gasteiger charge is 2.34. The highest BCUT2D eigenvalue weighted by molar-refractivity contribution is 4.85. The third-order valence-corrected chi connectivity index (χ3v) is 2.83. The van der Waals surface area contributed by atoms with Gasteiger partial charge in [-0.1, -0.05) is 0 Å². The molecule has 0 aromatic rings. The van der Waals surface area contributed by atoms with Crippen molar-refractivity contribution in [3.8, 4) is 0 Å². The summed E-state index contributed by atoms with van der Waals surface area (Å²) in [7, 11) is 0. The molecule has 2 fully saturated rings. The minimum atomic E-state index is 0.552. The Hall–Kier alpha value is -0.0800. The average molecular weight is 155 g/mol. The van der Waals surface area contributed by atoms with Crippen LogP contribution in [-0.2, 0) is 4.74 Å². The summed E-state index contributed by atoms with van der Waals surface area (Å²) in [6.45, 7) is 7.96. The smallest absolute Gasteiger partial charge is 0.0706 e. The number of fused-ring (bicyclic) bond motifs is 2. The molecule has 0 aromatic carbocycles. The van der Waals surface area contributed by atoms with Crippen molar-refractivity contribution in [2.45, 2.75) is 32.4 Å². The first kappa shape index (κ1) is 7.56. The van der Waals surface area contributed by atoms with E-state index in [4.69, 9.17) is 4.74 Å². The van der Waals surface area contributed by atoms with Crippen molar-refractivity contribution < 1.29 is 4.74 Å². The predicted octanol–water partition coefficient (Wildman–Crippen LogP) is 1.12. The lowest BCUT2D eigenvalue weighted by Gasteiger charge is -2.33. The van der Waals surface area contributed by atoms with Crippen LogP contribution in [0.3, 0.4) is 0 Å². The Labute approximate surface area is 68.5 Å². The molecule has 0 spiro atoms. The van der Waals surface area contributed by atoms with Crippen molar-refractivity contribution in [3.63, 3.8) is 0 Å². The largest absolute Gasteiger partial charge is 0.377 e. The number of hydrogen-bond donors (Lipinski definition) is 0. The molecule has 0 N–H and O–H groups in total. The lowest BCUT2D eigenvalue weighted by molar-refractivity contribution is 0.0728. The van der Waals surface area contributed by atoms with Gasteiger partial charge in [0.25, 0.3) is 0 Å². The molecular formula is C9H17NO. The standard InChI is InChI=1S/C9H17NO/c1-7(2)10-4-8-3-9(5-10)11-6-8/h7-9H,3-6H2,1-2H3/t8?,9-/m1/s1. The van der Waals surface area contributed by atoms with Crippen molar-refractivity contribution >= 4 is 0 Å². The molecule has 64 valence electrons. The fourth-order valence-electron chi connectivity index (χ4n) is 2.12. The van der Waals surface area contributed by atoms with Crippen LogP contribution in [0.5, 0.6) is 0 Å². The predicted molar refractivity (Wildman–Crippen MR) is 44.6 cm³/mol. The van der Waals surface area contributed by atoms with Crippen LogP contribution in [0.25, 0.3) is 0 Å². The van der Waals surface area contributed by atoms with Crippen molar-refractivity contribution in [1.29, 1.82) is 0 Å². The number of piperidine rings is 1. The van der Waals surface area contributed by atoms with Gasteiger partial charge in [0.2, 0.25) is 0 Å². The van der Waals surface area contributed by atoms with Crippen LogP contribution in [-0.4, -0.2) is 36.7 Å². The molecule has 2 aliphatic rings. The molecule has 2 bridgehead atoms. The molecule has 2 atom stereocenters. The Balaban J connectivity index is 1.97. The molecule has 0 radical (unpaired) electrons. The third kappa shape index (κ3) is 1.42. The Kier molecular flexibility index (Phi) is 1.90. The van der Waals surface area contributed by atoms with Gasteiger partial charge in [0.05, 0.1) is 12.7 Å². The van der Waals surface area contributed by atoms with Gasteiger partial charge in [0.1, 0.15) is 0 Å². The average Bonchev–Trinajstić information content (AvgIpc) is 2.30. The molecule has 0 aliphatic carbocycles. The zero-order chi connectivity index (χ0) is 7.84. The lowest BCUT2D eigenvalue weighted by atomic mass is 9.99. The van der Waals surface area contributed by atoms with Crippen LogP contribution in [0.15, 0.2) is 0 Å². The maximum Gasteiger partial charge on any atom is 0.0706 e. The summed E-state index contributed by atoms with van der Waals surface area (Å²) in [6, 6.07) is 0.696. The van der Waals surface area contributed by atoms with E-state index in [2.05, 4.69) is 18.7 Å². The molecule has 1 unspecified atom stereocenters. The van der Waals surface area contributed by atoms with Gasteiger partial charge < -0.3 is 4.74 Å². The first-order valence-electron chi connectivity index (χ1n) is 4.61. The summed E-state index contributed by atoms with van der Waals surface area (Å²) in [5.41, 5.74) is 0. The van der Waals surface area contributed by atoms with Crippen molar-refractivity contribution in [2.24, 2.45) is 5.92 Å². The monoisotopic (exact) mass is 155 g/mol. The second kappa shape index (κ2) is 2.76. The zero-order valence-electron chi connectivity index (χ0n) is 7.42. The lowest BCUT2D eigenvalue weighted by Crippen LogP contribution is -2.43. The van der Waals surface area contributed by atoms with Gasteiger partial charge in [0, 0.05) is 19.1 Å². The van der Waals surface area contributed by atoms with Crippen LogP contribution < -0.4 is 0 Å². The van der Waals surface area contributed by atoms with E-state index in [1.807, 2.05) is 0 Å². The molecule has 2 aliphatic heterocycles. The molecule has 0 saturated carbocycles. The number of likely N-dealkylation sites (tertiary alicyclic amines) is 1. The van der Waals surface area contributed by atoms with Gasteiger partial charge in [-0.05, 0) is 26.2 Å². The van der Waals surface area contributed by atoms with E-state index in [1.165, 1.54) is 13.0 Å². The first-order valence-corrected chi connectivity index (χ1v) is 4.61. The molecule has 2 nitrogen and oxygen atoms in total. The van der Waals surface area contributed by atoms with E-state index < -0.39 is 0 Å². The van der Waals surface area contributed by atoms with Gasteiger partial charge in [-0.3, -0.25) is 4.90 Å². The van der Waals surface area contributed by atoms with Crippen LogP contribution in [0.1, 0.15) is 20.3 Å². The van der Waals surface area contributed by atoms with Crippen LogP contribution in [0, 0.1) is 5.92 Å². The molecule has 2 saturated heterocycles. The molecule has 2 rings (SSSR count). The van der Waals surface area contributed by atoms with E-state index in [0.717, 1.165) is 19.1 Å². The molecule has 0 aromatic heterocycles. The summed E-state index contributed by atoms with van der Waals surface area (Å²) in [6.07, 6.45) is 1.86. The van der Waals surface area contributed by atoms with E-state index >= 15 is 0 Å². The van der Waals surface area contributed by atoms with E-state index in [-0.39, 0.29) is 0 Å². The van der Waals surface area contributed by atoms with E-state index in [1.54, 1.807) is 0 Å². The SMILES string of the molecule is CC(C)N1CC2CO[C@H](C2)C1. The minimum Gasteiger partial charge on any atom is -0.377 e. The van der Waals surface area contributed by atoms with Crippen LogP contribution in [0.4, 0.5) is 0 Å². The summed E-state index contributed by atoms with van der Waals surface area (Å²) in [4.78, 5) is 2.53. The number of hydrogen-bond acceptors (Lipinski definition) is 2. The topological polar surface area (TPSA) is 12.5 Å². The molecule has 0 amide bonds. The fourth-order valence-corrected chi connectivity index (χ4v) is 2.12. The van der Waals surface area contributed by atoms with Gasteiger partial charge in [-0.2, -0.15) is 0 Å². The number of nitrogens with zero attached hydrogens (tertiary/aromatic N) is 1. The summed E-state index contributed by atoms with van der Waals surface area (Å²) < 4.78 is 5.62. The number of rotatable bonds is 1. The minimum absolute atomic E-state index is 0.552. The summed E-state index contributed by atoms with van der Waals surface area (Å²) >= 11 is 0. The van der Waals surface area contributed by atoms with Crippen molar-refractivity contribution in [1.82, 2.24) is 4.90 Å². The Bertz CT molecular complexity index is 134. The second-order valence-corrected chi connectivity index (χ2v) is 4.10. The Morgan fingerprint density at radius 1 is 1.36 bits per heavy atom. The van der Waals surface area contributed by atoms with Gasteiger partial charge in [-0.15, -0.1) is 0 Å². The Morgan fingerprint density at radius 2 is 2.18 bits per heavy atom. The maximum absolute atomic E-state index is 5.62. The normalized spacial score (nSPS) is 38.5. The molecule has 2 heterocycles. The second-order valence-electron chi connectivity index (χ2n) is 4.10. The highest BCUT2D eigenvalue weighted by Crippen LogP contribution is 2.27. The van der Waals surface area contributed by atoms with E-state index in [9.17, 15) is 0 Å². The summed E-state index contributed by atoms with van der Waals surface area (Å²) in [5, 5.41) is 0. The Morgan fingerprint density at radius 3 is 2.82 bits per heavy atom. The number of ether oxygens (including phenoxy) is 1. The van der Waals surface area contributed by atoms with Gasteiger partial charge in [-0.25, -0.2) is 0 Å². The molecule has 2 heteroatoms. The molecule has 11 heavy (non-hydrogen) atoms. The van der Waals surface area contributed by atoms with Gasteiger partial charge >= 0.3 is 0 Å². The van der Waals surface area contributed by atoms with Crippen LogP contribution in [0.2, 0.25) is 0 Å². The van der Waals surface area contributed by atoms with Crippen LogP contribution >= 0.6 is 0 Å². The first-order chi connectivity index (χ1) is 5.25. The quantitative estimate of drug-likeness (QED) is 0.562. The maximum atomic E-state index is 5.62. The van der Waals surface area contributed by atoms with Crippen molar-refractivity contribution in [2.75, 3.05) is 19.7 Å². The fraction of sp³-hybridized carbons (Fsp3) is 1.00.